The van der Waals surface area contributed by atoms with E-state index >= 15 is 0 Å². The highest BCUT2D eigenvalue weighted by molar-refractivity contribution is 6.09. The molecule has 6 nitrogen and oxygen atoms in total. The summed E-state index contributed by atoms with van der Waals surface area (Å²) in [5.41, 5.74) is -0.322. The molecule has 0 saturated carbocycles. The molecule has 0 bridgehead atoms. The zero-order valence-corrected chi connectivity index (χ0v) is 14.3. The molecular weight excluding hydrogens is 372 g/mol. The van der Waals surface area contributed by atoms with Gasteiger partial charge in [-0.1, -0.05) is 12.1 Å². The maximum absolute atomic E-state index is 13.5. The van der Waals surface area contributed by atoms with Gasteiger partial charge in [0.1, 0.15) is 23.9 Å². The summed E-state index contributed by atoms with van der Waals surface area (Å²) in [4.78, 5) is 22.6. The molecule has 1 aromatic heterocycles. The smallest absolute Gasteiger partial charge is 0.280 e. The fraction of sp³-hybridized carbons (Fsp3) is 0.0500. The number of carbonyl (C=O) groups is 1. The summed E-state index contributed by atoms with van der Waals surface area (Å²) < 4.78 is 37.1. The third-order valence-corrected chi connectivity index (χ3v) is 3.71. The van der Waals surface area contributed by atoms with E-state index in [0.29, 0.717) is 17.6 Å². The van der Waals surface area contributed by atoms with Crippen LogP contribution in [0.1, 0.15) is 21.9 Å². The van der Waals surface area contributed by atoms with Gasteiger partial charge >= 0.3 is 0 Å². The second kappa shape index (κ2) is 8.26. The molecule has 0 aliphatic carbocycles. The number of ketones is 1. The van der Waals surface area contributed by atoms with E-state index < -0.39 is 22.3 Å². The second-order valence-electron chi connectivity index (χ2n) is 5.64. The highest BCUT2D eigenvalue weighted by Gasteiger charge is 2.17. The van der Waals surface area contributed by atoms with Crippen LogP contribution in [0.3, 0.4) is 0 Å². The van der Waals surface area contributed by atoms with Crippen molar-refractivity contribution in [3.8, 4) is 5.75 Å². The van der Waals surface area contributed by atoms with Crippen LogP contribution in [-0.4, -0.2) is 10.7 Å². The number of nitro groups is 1. The molecule has 8 heteroatoms. The second-order valence-corrected chi connectivity index (χ2v) is 5.64. The molecular formula is C20H13F2NO5. The molecule has 0 atom stereocenters. The molecule has 0 aliphatic rings. The van der Waals surface area contributed by atoms with Crippen LogP contribution in [0.2, 0.25) is 0 Å². The quantitative estimate of drug-likeness (QED) is 0.249. The third kappa shape index (κ3) is 4.47. The lowest BCUT2D eigenvalue weighted by atomic mass is 10.1. The van der Waals surface area contributed by atoms with Gasteiger partial charge in [0.2, 0.25) is 0 Å². The minimum Gasteiger partial charge on any atom is -0.483 e. The fourth-order valence-corrected chi connectivity index (χ4v) is 2.39. The van der Waals surface area contributed by atoms with Crippen LogP contribution >= 0.6 is 0 Å². The lowest BCUT2D eigenvalue weighted by Crippen LogP contribution is -2.00. The van der Waals surface area contributed by atoms with Crippen molar-refractivity contribution in [2.75, 3.05) is 0 Å². The van der Waals surface area contributed by atoms with E-state index in [0.717, 1.165) is 12.1 Å². The van der Waals surface area contributed by atoms with Gasteiger partial charge in [-0.05, 0) is 42.5 Å². The van der Waals surface area contributed by atoms with Crippen molar-refractivity contribution < 1.29 is 27.7 Å². The maximum atomic E-state index is 13.5. The van der Waals surface area contributed by atoms with Crippen LogP contribution in [-0.2, 0) is 6.61 Å². The van der Waals surface area contributed by atoms with Gasteiger partial charge in [0, 0.05) is 12.1 Å². The van der Waals surface area contributed by atoms with Gasteiger partial charge in [-0.2, -0.15) is 0 Å². The van der Waals surface area contributed by atoms with E-state index in [1.807, 2.05) is 0 Å². The Morgan fingerprint density at radius 1 is 1.14 bits per heavy atom. The molecule has 3 aromatic rings. The summed E-state index contributed by atoms with van der Waals surface area (Å²) in [5, 5.41) is 11.0. The van der Waals surface area contributed by atoms with E-state index in [-0.39, 0.29) is 23.6 Å². The summed E-state index contributed by atoms with van der Waals surface area (Å²) in [6.45, 7) is -0.103. The number of hydrogen-bond acceptors (Lipinski definition) is 5. The molecule has 0 aliphatic heterocycles. The molecule has 1 heterocycles. The van der Waals surface area contributed by atoms with Crippen LogP contribution in [0.5, 0.6) is 5.75 Å². The number of carbonyl (C=O) groups excluding carboxylic acids is 1. The summed E-state index contributed by atoms with van der Waals surface area (Å²) in [6, 6.07) is 11.7. The highest BCUT2D eigenvalue weighted by atomic mass is 19.1. The molecule has 0 fully saturated rings. The van der Waals surface area contributed by atoms with Crippen LogP contribution < -0.4 is 4.74 Å². The molecule has 0 unspecified atom stereocenters. The standard InChI is InChI=1S/C20H13F2NO5/c21-13-5-10-20(17(22)11-13)27-12-15-7-6-14(28-15)8-9-19(24)16-3-1-2-4-18(16)23(25)26/h1-11H,12H2/b9-8+. The highest BCUT2D eigenvalue weighted by Crippen LogP contribution is 2.21. The molecule has 142 valence electrons. The predicted octanol–water partition coefficient (Wildman–Crippen LogP) is 4.94. The molecule has 0 N–H and O–H groups in total. The zero-order chi connectivity index (χ0) is 20.1. The fourth-order valence-electron chi connectivity index (χ4n) is 2.39. The number of allylic oxidation sites excluding steroid dienone is 1. The Morgan fingerprint density at radius 3 is 2.68 bits per heavy atom. The van der Waals surface area contributed by atoms with Crippen molar-refractivity contribution in [3.63, 3.8) is 0 Å². The van der Waals surface area contributed by atoms with Crippen molar-refractivity contribution in [2.45, 2.75) is 6.61 Å². The first kappa shape index (κ1) is 19.0. The van der Waals surface area contributed by atoms with Crippen LogP contribution in [0.25, 0.3) is 6.08 Å². The van der Waals surface area contributed by atoms with E-state index in [9.17, 15) is 23.7 Å². The van der Waals surface area contributed by atoms with E-state index in [1.54, 1.807) is 12.1 Å². The molecule has 28 heavy (non-hydrogen) atoms. The van der Waals surface area contributed by atoms with Crippen molar-refractivity contribution in [2.24, 2.45) is 0 Å². The van der Waals surface area contributed by atoms with E-state index in [2.05, 4.69) is 0 Å². The van der Waals surface area contributed by atoms with Crippen LogP contribution in [0.15, 0.2) is 65.1 Å². The number of nitrogens with zero attached hydrogens (tertiary/aromatic N) is 1. The molecule has 2 aromatic carbocycles. The number of ether oxygens (including phenoxy) is 1. The van der Waals surface area contributed by atoms with Crippen molar-refractivity contribution >= 4 is 17.5 Å². The molecule has 3 rings (SSSR count). The van der Waals surface area contributed by atoms with Crippen molar-refractivity contribution in [1.29, 1.82) is 0 Å². The Hall–Kier alpha value is -3.81. The predicted molar refractivity (Wildman–Crippen MR) is 95.9 cm³/mol. The minimum atomic E-state index is -0.832. The summed E-state index contributed by atoms with van der Waals surface area (Å²) >= 11 is 0. The summed E-state index contributed by atoms with van der Waals surface area (Å²) in [7, 11) is 0. The molecule has 0 saturated heterocycles. The van der Waals surface area contributed by atoms with Gasteiger partial charge in [0.25, 0.3) is 5.69 Å². The average Bonchev–Trinajstić information content (AvgIpc) is 3.13. The van der Waals surface area contributed by atoms with Gasteiger partial charge < -0.3 is 9.15 Å². The number of halogens is 2. The number of hydrogen-bond donors (Lipinski definition) is 0. The van der Waals surface area contributed by atoms with Gasteiger partial charge in [-0.25, -0.2) is 8.78 Å². The SMILES string of the molecule is O=C(/C=C/c1ccc(COc2ccc(F)cc2F)o1)c1ccccc1[N+](=O)[O-]. The Bertz CT molecular complexity index is 1060. The van der Waals surface area contributed by atoms with Crippen LogP contribution in [0, 0.1) is 21.7 Å². The van der Waals surface area contributed by atoms with E-state index in [1.165, 1.54) is 36.4 Å². The monoisotopic (exact) mass is 385 g/mol. The lowest BCUT2D eigenvalue weighted by molar-refractivity contribution is -0.385. The third-order valence-electron chi connectivity index (χ3n) is 3.71. The molecule has 0 amide bonds. The largest absolute Gasteiger partial charge is 0.483 e. The van der Waals surface area contributed by atoms with Gasteiger partial charge in [-0.15, -0.1) is 0 Å². The van der Waals surface area contributed by atoms with Gasteiger partial charge in [-0.3, -0.25) is 14.9 Å². The lowest BCUT2D eigenvalue weighted by Gasteiger charge is -2.05. The molecule has 0 spiro atoms. The summed E-state index contributed by atoms with van der Waals surface area (Å²) in [6.07, 6.45) is 2.52. The van der Waals surface area contributed by atoms with E-state index in [4.69, 9.17) is 9.15 Å². The number of para-hydroxylation sites is 1. The van der Waals surface area contributed by atoms with Gasteiger partial charge in [0.05, 0.1) is 10.5 Å². The Balaban J connectivity index is 1.66. The molecule has 0 radical (unpaired) electrons. The number of nitro benzene ring substituents is 1. The van der Waals surface area contributed by atoms with Crippen molar-refractivity contribution in [1.82, 2.24) is 0 Å². The number of furan rings is 1. The normalized spacial score (nSPS) is 10.9. The first-order valence-electron chi connectivity index (χ1n) is 8.06. The first-order chi connectivity index (χ1) is 13.4. The van der Waals surface area contributed by atoms with Gasteiger partial charge in [0.15, 0.2) is 17.3 Å². The average molecular weight is 385 g/mol. The summed E-state index contributed by atoms with van der Waals surface area (Å²) in [5.74, 6) is -1.55. The number of benzene rings is 2. The zero-order valence-electron chi connectivity index (χ0n) is 14.3. The Kier molecular flexibility index (Phi) is 5.59. The number of rotatable bonds is 7. The van der Waals surface area contributed by atoms with Crippen molar-refractivity contribution in [3.05, 3.63) is 99.5 Å². The van der Waals surface area contributed by atoms with Crippen LogP contribution in [0.4, 0.5) is 14.5 Å². The maximum Gasteiger partial charge on any atom is 0.280 e. The Labute approximate surface area is 157 Å². The topological polar surface area (TPSA) is 82.6 Å². The first-order valence-corrected chi connectivity index (χ1v) is 8.06. The minimum absolute atomic E-state index is 0.0364. The Morgan fingerprint density at radius 2 is 1.93 bits per heavy atom.